The van der Waals surface area contributed by atoms with Crippen LogP contribution in [0.1, 0.15) is 5.69 Å². The first-order chi connectivity index (χ1) is 7.70. The molecule has 0 aliphatic carbocycles. The van der Waals surface area contributed by atoms with Crippen LogP contribution in [0.4, 0.5) is 4.39 Å². The van der Waals surface area contributed by atoms with Gasteiger partial charge in [-0.25, -0.2) is 9.07 Å². The second-order valence-corrected chi connectivity index (χ2v) is 3.81. The lowest BCUT2D eigenvalue weighted by atomic mass is 10.3. The molecule has 1 aromatic heterocycles. The first-order valence-corrected chi connectivity index (χ1v) is 5.23. The van der Waals surface area contributed by atoms with Crippen LogP contribution < -0.4 is 5.32 Å². The fourth-order valence-electron chi connectivity index (χ4n) is 1.44. The predicted octanol–water partition coefficient (Wildman–Crippen LogP) is 2.38. The van der Waals surface area contributed by atoms with Gasteiger partial charge in [0.2, 0.25) is 0 Å². The van der Waals surface area contributed by atoms with Crippen molar-refractivity contribution < 1.29 is 4.39 Å². The van der Waals surface area contributed by atoms with Crippen molar-refractivity contribution in [3.8, 4) is 5.69 Å². The Labute approximate surface area is 97.8 Å². The molecule has 0 fully saturated rings. The van der Waals surface area contributed by atoms with Gasteiger partial charge in [-0.2, -0.15) is 5.10 Å². The van der Waals surface area contributed by atoms with Crippen LogP contribution in [-0.4, -0.2) is 16.8 Å². The quantitative estimate of drug-likeness (QED) is 0.891. The zero-order valence-corrected chi connectivity index (χ0v) is 9.50. The number of aromatic nitrogens is 2. The summed E-state index contributed by atoms with van der Waals surface area (Å²) in [6.07, 6.45) is 1.72. The Hall–Kier alpha value is -1.39. The van der Waals surface area contributed by atoms with E-state index in [1.165, 1.54) is 10.7 Å². The molecule has 16 heavy (non-hydrogen) atoms. The van der Waals surface area contributed by atoms with Gasteiger partial charge < -0.3 is 5.32 Å². The lowest BCUT2D eigenvalue weighted by Crippen LogP contribution is -2.06. The van der Waals surface area contributed by atoms with Crippen molar-refractivity contribution in [3.05, 3.63) is 47.0 Å². The molecule has 0 aliphatic rings. The molecule has 0 spiro atoms. The summed E-state index contributed by atoms with van der Waals surface area (Å²) >= 11 is 5.68. The van der Waals surface area contributed by atoms with E-state index in [1.54, 1.807) is 18.3 Å². The third kappa shape index (κ3) is 2.23. The molecule has 84 valence electrons. The second-order valence-electron chi connectivity index (χ2n) is 3.38. The molecule has 0 aliphatic heterocycles. The first kappa shape index (κ1) is 11.1. The molecule has 0 bridgehead atoms. The molecule has 2 rings (SSSR count). The van der Waals surface area contributed by atoms with Gasteiger partial charge in [0.25, 0.3) is 0 Å². The number of halogens is 2. The van der Waals surface area contributed by atoms with Crippen LogP contribution in [0.15, 0.2) is 30.5 Å². The summed E-state index contributed by atoms with van der Waals surface area (Å²) < 4.78 is 15.1. The van der Waals surface area contributed by atoms with Crippen LogP contribution in [0.2, 0.25) is 5.02 Å². The maximum absolute atomic E-state index is 13.6. The van der Waals surface area contributed by atoms with E-state index in [2.05, 4.69) is 10.4 Å². The normalized spacial score (nSPS) is 10.7. The van der Waals surface area contributed by atoms with Crippen molar-refractivity contribution >= 4 is 11.6 Å². The summed E-state index contributed by atoms with van der Waals surface area (Å²) in [5.41, 5.74) is 1.25. The smallest absolute Gasteiger partial charge is 0.150 e. The van der Waals surface area contributed by atoms with E-state index in [0.29, 0.717) is 17.3 Å². The molecule has 2 aromatic rings. The Balaban J connectivity index is 2.35. The average molecular weight is 240 g/mol. The zero-order valence-electron chi connectivity index (χ0n) is 8.74. The third-order valence-electron chi connectivity index (χ3n) is 2.16. The van der Waals surface area contributed by atoms with Gasteiger partial charge in [-0.05, 0) is 31.3 Å². The van der Waals surface area contributed by atoms with Crippen LogP contribution in [0, 0.1) is 5.82 Å². The molecular weight excluding hydrogens is 229 g/mol. The summed E-state index contributed by atoms with van der Waals surface area (Å²) in [5, 5.41) is 7.59. The Morgan fingerprint density at radius 2 is 2.25 bits per heavy atom. The highest BCUT2D eigenvalue weighted by atomic mass is 35.5. The molecule has 0 atom stereocenters. The Morgan fingerprint density at radius 1 is 1.44 bits per heavy atom. The van der Waals surface area contributed by atoms with Gasteiger partial charge in [0, 0.05) is 17.8 Å². The number of benzene rings is 1. The Bertz CT molecular complexity index is 496. The zero-order chi connectivity index (χ0) is 11.5. The van der Waals surface area contributed by atoms with Gasteiger partial charge in [0.05, 0.1) is 5.69 Å². The van der Waals surface area contributed by atoms with E-state index in [0.717, 1.165) is 5.69 Å². The first-order valence-electron chi connectivity index (χ1n) is 4.85. The molecular formula is C11H11ClFN3. The van der Waals surface area contributed by atoms with Gasteiger partial charge in [-0.15, -0.1) is 0 Å². The van der Waals surface area contributed by atoms with Gasteiger partial charge in [0.1, 0.15) is 11.5 Å². The van der Waals surface area contributed by atoms with E-state index < -0.39 is 0 Å². The summed E-state index contributed by atoms with van der Waals surface area (Å²) in [6.45, 7) is 0.655. The maximum atomic E-state index is 13.6. The van der Waals surface area contributed by atoms with Crippen LogP contribution in [-0.2, 0) is 6.54 Å². The van der Waals surface area contributed by atoms with E-state index in [4.69, 9.17) is 11.6 Å². The van der Waals surface area contributed by atoms with Crippen molar-refractivity contribution in [1.29, 1.82) is 0 Å². The Morgan fingerprint density at radius 3 is 2.94 bits per heavy atom. The lowest BCUT2D eigenvalue weighted by molar-refractivity contribution is 0.609. The summed E-state index contributed by atoms with van der Waals surface area (Å²) in [7, 11) is 1.84. The minimum absolute atomic E-state index is 0.379. The SMILES string of the molecule is CNCc1ccn(-c2ccc(Cl)cc2F)n1. The monoisotopic (exact) mass is 239 g/mol. The highest BCUT2D eigenvalue weighted by Crippen LogP contribution is 2.17. The highest BCUT2D eigenvalue weighted by Gasteiger charge is 2.06. The van der Waals surface area contributed by atoms with E-state index >= 15 is 0 Å². The predicted molar refractivity (Wildman–Crippen MR) is 61.3 cm³/mol. The molecule has 3 nitrogen and oxygen atoms in total. The van der Waals surface area contributed by atoms with E-state index in [1.807, 2.05) is 13.1 Å². The molecule has 0 saturated heterocycles. The fourth-order valence-corrected chi connectivity index (χ4v) is 1.60. The molecule has 5 heteroatoms. The van der Waals surface area contributed by atoms with Crippen molar-refractivity contribution in [1.82, 2.24) is 15.1 Å². The average Bonchev–Trinajstić information content (AvgIpc) is 2.67. The molecule has 0 amide bonds. The van der Waals surface area contributed by atoms with Crippen molar-refractivity contribution in [2.75, 3.05) is 7.05 Å². The molecule has 1 N–H and O–H groups in total. The van der Waals surface area contributed by atoms with Gasteiger partial charge in [-0.3, -0.25) is 0 Å². The van der Waals surface area contributed by atoms with E-state index in [9.17, 15) is 4.39 Å². The number of nitrogens with zero attached hydrogens (tertiary/aromatic N) is 2. The van der Waals surface area contributed by atoms with Crippen molar-refractivity contribution in [2.24, 2.45) is 0 Å². The summed E-state index contributed by atoms with van der Waals surface area (Å²) in [6, 6.07) is 6.36. The minimum atomic E-state index is -0.383. The largest absolute Gasteiger partial charge is 0.314 e. The van der Waals surface area contributed by atoms with Gasteiger partial charge in [0.15, 0.2) is 0 Å². The molecule has 0 unspecified atom stereocenters. The number of hydrogen-bond acceptors (Lipinski definition) is 2. The molecule has 0 saturated carbocycles. The molecule has 1 aromatic carbocycles. The van der Waals surface area contributed by atoms with Gasteiger partial charge in [-0.1, -0.05) is 11.6 Å². The maximum Gasteiger partial charge on any atom is 0.150 e. The minimum Gasteiger partial charge on any atom is -0.314 e. The number of hydrogen-bond donors (Lipinski definition) is 1. The van der Waals surface area contributed by atoms with Crippen molar-refractivity contribution in [3.63, 3.8) is 0 Å². The van der Waals surface area contributed by atoms with Gasteiger partial charge >= 0.3 is 0 Å². The number of nitrogens with one attached hydrogen (secondary N) is 1. The van der Waals surface area contributed by atoms with E-state index in [-0.39, 0.29) is 5.82 Å². The summed E-state index contributed by atoms with van der Waals surface area (Å²) in [4.78, 5) is 0. The standard InChI is InChI=1S/C11H11ClFN3/c1-14-7-9-4-5-16(15-9)11-3-2-8(12)6-10(11)13/h2-6,14H,7H2,1H3. The Kier molecular flexibility index (Phi) is 3.22. The fraction of sp³-hybridized carbons (Fsp3) is 0.182. The van der Waals surface area contributed by atoms with Crippen LogP contribution in [0.25, 0.3) is 5.69 Å². The number of rotatable bonds is 3. The van der Waals surface area contributed by atoms with Crippen molar-refractivity contribution in [2.45, 2.75) is 6.54 Å². The molecule has 0 radical (unpaired) electrons. The molecule has 1 heterocycles. The van der Waals surface area contributed by atoms with Crippen LogP contribution in [0.5, 0.6) is 0 Å². The third-order valence-corrected chi connectivity index (χ3v) is 2.39. The lowest BCUT2D eigenvalue weighted by Gasteiger charge is -2.03. The topological polar surface area (TPSA) is 29.9 Å². The van der Waals surface area contributed by atoms with Crippen LogP contribution >= 0.6 is 11.6 Å². The highest BCUT2D eigenvalue weighted by molar-refractivity contribution is 6.30. The summed E-state index contributed by atoms with van der Waals surface area (Å²) in [5.74, 6) is -0.383. The van der Waals surface area contributed by atoms with Crippen LogP contribution in [0.3, 0.4) is 0 Å². The second kappa shape index (κ2) is 4.63.